The Morgan fingerprint density at radius 1 is 1.20 bits per heavy atom. The maximum absolute atomic E-state index is 11.0. The number of ether oxygens (including phenoxy) is 2. The van der Waals surface area contributed by atoms with E-state index < -0.39 is 10.1 Å². The lowest BCUT2D eigenvalue weighted by atomic mass is 10.2. The molecule has 0 amide bonds. The normalized spacial score (nSPS) is 16.3. The highest BCUT2D eigenvalue weighted by Gasteiger charge is 2.18. The van der Waals surface area contributed by atoms with Gasteiger partial charge in [-0.25, -0.2) is 0 Å². The van der Waals surface area contributed by atoms with Gasteiger partial charge in [-0.1, -0.05) is 6.07 Å². The van der Waals surface area contributed by atoms with Gasteiger partial charge in [0.05, 0.1) is 26.1 Å². The van der Waals surface area contributed by atoms with Crippen molar-refractivity contribution in [1.29, 1.82) is 0 Å². The third-order valence-corrected chi connectivity index (χ3v) is 3.81. The first-order valence-corrected chi connectivity index (χ1v) is 8.47. The lowest BCUT2D eigenvalue weighted by Gasteiger charge is -2.16. The Morgan fingerprint density at radius 3 is 2.50 bits per heavy atom. The quantitative estimate of drug-likeness (QED) is 0.755. The summed E-state index contributed by atoms with van der Waals surface area (Å²) in [6.07, 6.45) is 5.83. The van der Waals surface area contributed by atoms with Crippen LogP contribution in [0.4, 0.5) is 0 Å². The molecular weight excluding hydrogens is 280 g/mol. The number of hydrogen-bond donors (Lipinski definition) is 0. The summed E-state index contributed by atoms with van der Waals surface area (Å²) < 4.78 is 37.9. The van der Waals surface area contributed by atoms with Crippen LogP contribution in [0.3, 0.4) is 0 Å². The maximum atomic E-state index is 11.0. The molecule has 0 aliphatic heterocycles. The topological polar surface area (TPSA) is 61.8 Å². The zero-order valence-electron chi connectivity index (χ0n) is 11.8. The Morgan fingerprint density at radius 2 is 1.90 bits per heavy atom. The van der Waals surface area contributed by atoms with Crippen LogP contribution < -0.4 is 9.47 Å². The van der Waals surface area contributed by atoms with E-state index in [0.29, 0.717) is 11.5 Å². The Kier molecular flexibility index (Phi) is 4.88. The van der Waals surface area contributed by atoms with Gasteiger partial charge in [0.15, 0.2) is 11.5 Å². The molecule has 2 rings (SSSR count). The molecule has 0 radical (unpaired) electrons. The molecule has 6 heteroatoms. The second-order valence-electron chi connectivity index (χ2n) is 4.98. The van der Waals surface area contributed by atoms with Gasteiger partial charge in [-0.3, -0.25) is 4.18 Å². The minimum Gasteiger partial charge on any atom is -0.493 e. The molecule has 0 atom stereocenters. The van der Waals surface area contributed by atoms with Crippen molar-refractivity contribution in [3.05, 3.63) is 23.8 Å². The lowest BCUT2D eigenvalue weighted by Crippen LogP contribution is -2.11. The van der Waals surface area contributed by atoms with Crippen LogP contribution in [0.15, 0.2) is 18.2 Å². The molecule has 1 aromatic rings. The molecule has 1 fully saturated rings. The summed E-state index contributed by atoms with van der Waals surface area (Å²) in [6.45, 7) is -0.00109. The Hall–Kier alpha value is -1.27. The lowest BCUT2D eigenvalue weighted by molar-refractivity contribution is 0.200. The Labute approximate surface area is 120 Å². The van der Waals surface area contributed by atoms with Crippen LogP contribution in [0, 0.1) is 0 Å². The maximum Gasteiger partial charge on any atom is 0.264 e. The van der Waals surface area contributed by atoms with Crippen LogP contribution in [-0.4, -0.2) is 27.9 Å². The minimum atomic E-state index is -3.44. The second-order valence-corrected chi connectivity index (χ2v) is 6.62. The minimum absolute atomic E-state index is 0.00109. The molecule has 0 unspecified atom stereocenters. The van der Waals surface area contributed by atoms with Gasteiger partial charge >= 0.3 is 0 Å². The second kappa shape index (κ2) is 6.45. The van der Waals surface area contributed by atoms with Crippen LogP contribution in [0.25, 0.3) is 0 Å². The molecular formula is C14H20O5S. The SMILES string of the molecule is COc1cc(COS(C)(=O)=O)ccc1OC1CCCC1. The third-order valence-electron chi connectivity index (χ3n) is 3.26. The van der Waals surface area contributed by atoms with E-state index in [4.69, 9.17) is 13.7 Å². The molecule has 1 saturated carbocycles. The van der Waals surface area contributed by atoms with Crippen molar-refractivity contribution in [2.45, 2.75) is 38.4 Å². The van der Waals surface area contributed by atoms with Crippen LogP contribution in [-0.2, 0) is 20.9 Å². The fourth-order valence-electron chi connectivity index (χ4n) is 2.26. The Bertz CT molecular complexity index is 547. The molecule has 112 valence electrons. The number of hydrogen-bond acceptors (Lipinski definition) is 5. The molecule has 0 heterocycles. The predicted octanol–water partition coefficient (Wildman–Crippen LogP) is 2.49. The fourth-order valence-corrected chi connectivity index (χ4v) is 2.61. The standard InChI is InChI=1S/C14H20O5S/c1-17-14-9-11(10-18-20(2,15)16)7-8-13(14)19-12-5-3-4-6-12/h7-9,12H,3-6,10H2,1-2H3. The van der Waals surface area contributed by atoms with Crippen LogP contribution in [0.1, 0.15) is 31.2 Å². The summed E-state index contributed by atoms with van der Waals surface area (Å²) >= 11 is 0. The first-order chi connectivity index (χ1) is 9.48. The van der Waals surface area contributed by atoms with E-state index >= 15 is 0 Å². The highest BCUT2D eigenvalue weighted by Crippen LogP contribution is 2.32. The van der Waals surface area contributed by atoms with E-state index in [1.807, 2.05) is 0 Å². The fraction of sp³-hybridized carbons (Fsp3) is 0.571. The zero-order chi connectivity index (χ0) is 14.6. The van der Waals surface area contributed by atoms with Crippen molar-refractivity contribution in [3.8, 4) is 11.5 Å². The van der Waals surface area contributed by atoms with Crippen LogP contribution in [0.2, 0.25) is 0 Å². The summed E-state index contributed by atoms with van der Waals surface area (Å²) in [6, 6.07) is 5.34. The molecule has 5 nitrogen and oxygen atoms in total. The van der Waals surface area contributed by atoms with Gasteiger partial charge < -0.3 is 9.47 Å². The van der Waals surface area contributed by atoms with Gasteiger partial charge in [-0.05, 0) is 43.4 Å². The highest BCUT2D eigenvalue weighted by atomic mass is 32.2. The van der Waals surface area contributed by atoms with Gasteiger partial charge in [0.25, 0.3) is 10.1 Å². The summed E-state index contributed by atoms with van der Waals surface area (Å²) in [5.41, 5.74) is 0.728. The first-order valence-electron chi connectivity index (χ1n) is 6.66. The largest absolute Gasteiger partial charge is 0.493 e. The van der Waals surface area contributed by atoms with E-state index in [1.54, 1.807) is 25.3 Å². The van der Waals surface area contributed by atoms with Crippen molar-refractivity contribution >= 4 is 10.1 Å². The van der Waals surface area contributed by atoms with E-state index in [2.05, 4.69) is 0 Å². The van der Waals surface area contributed by atoms with E-state index in [9.17, 15) is 8.42 Å². The molecule has 0 spiro atoms. The molecule has 0 bridgehead atoms. The number of methoxy groups -OCH3 is 1. The van der Waals surface area contributed by atoms with E-state index in [-0.39, 0.29) is 12.7 Å². The van der Waals surface area contributed by atoms with Gasteiger partial charge in [0.1, 0.15) is 0 Å². The number of benzene rings is 1. The average Bonchev–Trinajstić information content (AvgIpc) is 2.89. The summed E-state index contributed by atoms with van der Waals surface area (Å²) in [4.78, 5) is 0. The van der Waals surface area contributed by atoms with Crippen molar-refractivity contribution < 1.29 is 22.1 Å². The molecule has 1 aromatic carbocycles. The van der Waals surface area contributed by atoms with Crippen molar-refractivity contribution in [3.63, 3.8) is 0 Å². The predicted molar refractivity (Wildman–Crippen MR) is 75.5 cm³/mol. The van der Waals surface area contributed by atoms with Gasteiger partial charge in [-0.15, -0.1) is 0 Å². The summed E-state index contributed by atoms with van der Waals surface area (Å²) in [5.74, 6) is 1.30. The molecule has 20 heavy (non-hydrogen) atoms. The van der Waals surface area contributed by atoms with Gasteiger partial charge in [-0.2, -0.15) is 8.42 Å². The molecule has 0 saturated heterocycles. The summed E-state index contributed by atoms with van der Waals surface area (Å²) in [7, 11) is -1.88. The van der Waals surface area contributed by atoms with E-state index in [0.717, 1.165) is 24.7 Å². The van der Waals surface area contributed by atoms with Crippen LogP contribution >= 0.6 is 0 Å². The average molecular weight is 300 g/mol. The van der Waals surface area contributed by atoms with Gasteiger partial charge in [0, 0.05) is 0 Å². The smallest absolute Gasteiger partial charge is 0.264 e. The first kappa shape index (κ1) is 15.1. The Balaban J connectivity index is 2.06. The molecule has 1 aliphatic rings. The van der Waals surface area contributed by atoms with Crippen molar-refractivity contribution in [2.24, 2.45) is 0 Å². The van der Waals surface area contributed by atoms with E-state index in [1.165, 1.54) is 12.8 Å². The van der Waals surface area contributed by atoms with Crippen molar-refractivity contribution in [1.82, 2.24) is 0 Å². The molecule has 1 aliphatic carbocycles. The highest BCUT2D eigenvalue weighted by molar-refractivity contribution is 7.85. The number of rotatable bonds is 6. The van der Waals surface area contributed by atoms with Gasteiger partial charge in [0.2, 0.25) is 0 Å². The molecule has 0 aromatic heterocycles. The zero-order valence-corrected chi connectivity index (χ0v) is 12.6. The van der Waals surface area contributed by atoms with Crippen LogP contribution in [0.5, 0.6) is 11.5 Å². The van der Waals surface area contributed by atoms with Crippen molar-refractivity contribution in [2.75, 3.05) is 13.4 Å². The third kappa shape index (κ3) is 4.38. The monoisotopic (exact) mass is 300 g/mol. The molecule has 0 N–H and O–H groups in total. The summed E-state index contributed by atoms with van der Waals surface area (Å²) in [5, 5.41) is 0.